The zero-order chi connectivity index (χ0) is 11.4. The first kappa shape index (κ1) is 11.4. The van der Waals surface area contributed by atoms with Crippen LogP contribution in [0.3, 0.4) is 0 Å². The summed E-state index contributed by atoms with van der Waals surface area (Å²) < 4.78 is 5.17. The molecule has 1 aliphatic rings. The summed E-state index contributed by atoms with van der Waals surface area (Å²) in [6.07, 6.45) is 8.73. The number of nitrogens with one attached hydrogen (secondary N) is 1. The van der Waals surface area contributed by atoms with Gasteiger partial charge in [0.15, 0.2) is 0 Å². The van der Waals surface area contributed by atoms with Gasteiger partial charge in [0.1, 0.15) is 5.75 Å². The molecule has 1 heterocycles. The first-order valence-corrected chi connectivity index (χ1v) is 5.98. The molecule has 1 N–H and O–H groups in total. The molecule has 88 valence electrons. The van der Waals surface area contributed by atoms with Crippen LogP contribution in [-0.4, -0.2) is 25.2 Å². The number of nitrogens with zero attached hydrogens (tertiary/aromatic N) is 1. The summed E-state index contributed by atoms with van der Waals surface area (Å²) in [6, 6.07) is 2.75. The van der Waals surface area contributed by atoms with Gasteiger partial charge in [0.25, 0.3) is 0 Å². The fraction of sp³-hybridized carbons (Fsp3) is 0.615. The van der Waals surface area contributed by atoms with Gasteiger partial charge in [0.2, 0.25) is 0 Å². The molecule has 16 heavy (non-hydrogen) atoms. The van der Waals surface area contributed by atoms with Crippen molar-refractivity contribution in [3.63, 3.8) is 0 Å². The van der Waals surface area contributed by atoms with Gasteiger partial charge in [-0.2, -0.15) is 0 Å². The number of aromatic nitrogens is 1. The second-order valence-electron chi connectivity index (χ2n) is 4.50. The largest absolute Gasteiger partial charge is 0.495 e. The maximum Gasteiger partial charge on any atom is 0.137 e. The molecule has 0 saturated heterocycles. The van der Waals surface area contributed by atoms with Crippen LogP contribution in [0, 0.1) is 5.92 Å². The van der Waals surface area contributed by atoms with Crippen molar-refractivity contribution in [1.82, 2.24) is 10.3 Å². The third-order valence-electron chi connectivity index (χ3n) is 3.31. The Bertz CT molecular complexity index is 336. The highest BCUT2D eigenvalue weighted by molar-refractivity contribution is 5.23. The number of methoxy groups -OCH3 is 1. The maximum absolute atomic E-state index is 5.17. The van der Waals surface area contributed by atoms with E-state index in [9.17, 15) is 0 Å². The van der Waals surface area contributed by atoms with Crippen LogP contribution in [-0.2, 0) is 6.42 Å². The molecular weight excluding hydrogens is 200 g/mol. The SMILES string of the molecule is CNC(CCc1cncc(OC)c1)C1CC1. The van der Waals surface area contributed by atoms with Gasteiger partial charge in [-0.15, -0.1) is 0 Å². The van der Waals surface area contributed by atoms with E-state index in [2.05, 4.69) is 23.4 Å². The number of hydrogen-bond acceptors (Lipinski definition) is 3. The lowest BCUT2D eigenvalue weighted by Crippen LogP contribution is -2.27. The zero-order valence-corrected chi connectivity index (χ0v) is 10.1. The minimum absolute atomic E-state index is 0.672. The zero-order valence-electron chi connectivity index (χ0n) is 10.1. The molecule has 3 heteroatoms. The third kappa shape index (κ3) is 2.95. The summed E-state index contributed by atoms with van der Waals surface area (Å²) >= 11 is 0. The quantitative estimate of drug-likeness (QED) is 0.796. The van der Waals surface area contributed by atoms with Crippen molar-refractivity contribution < 1.29 is 4.74 Å². The summed E-state index contributed by atoms with van der Waals surface area (Å²) in [5.74, 6) is 1.76. The number of aryl methyl sites for hydroxylation is 1. The smallest absolute Gasteiger partial charge is 0.137 e. The predicted molar refractivity (Wildman–Crippen MR) is 64.7 cm³/mol. The van der Waals surface area contributed by atoms with Crippen molar-refractivity contribution in [1.29, 1.82) is 0 Å². The average molecular weight is 220 g/mol. The summed E-state index contributed by atoms with van der Waals surface area (Å²) in [5, 5.41) is 3.41. The van der Waals surface area contributed by atoms with Crippen LogP contribution < -0.4 is 10.1 Å². The number of hydrogen-bond donors (Lipinski definition) is 1. The Kier molecular flexibility index (Phi) is 3.78. The van der Waals surface area contributed by atoms with E-state index in [1.54, 1.807) is 13.3 Å². The standard InChI is InChI=1S/C13H20N2O/c1-14-13(11-4-5-11)6-3-10-7-12(16-2)9-15-8-10/h7-9,11,13-14H,3-6H2,1-2H3. The Labute approximate surface area is 97.2 Å². The number of ether oxygens (including phenoxy) is 1. The number of rotatable bonds is 6. The molecular formula is C13H20N2O. The molecule has 1 atom stereocenters. The Morgan fingerprint density at radius 1 is 1.50 bits per heavy atom. The second kappa shape index (κ2) is 5.30. The molecule has 2 rings (SSSR count). The van der Waals surface area contributed by atoms with Crippen molar-refractivity contribution >= 4 is 0 Å². The minimum Gasteiger partial charge on any atom is -0.495 e. The molecule has 0 radical (unpaired) electrons. The van der Waals surface area contributed by atoms with E-state index in [0.29, 0.717) is 6.04 Å². The molecule has 1 aromatic rings. The monoisotopic (exact) mass is 220 g/mol. The van der Waals surface area contributed by atoms with Gasteiger partial charge in [-0.25, -0.2) is 0 Å². The molecule has 1 fully saturated rings. The van der Waals surface area contributed by atoms with Crippen LogP contribution in [0.15, 0.2) is 18.5 Å². The first-order valence-electron chi connectivity index (χ1n) is 5.98. The highest BCUT2D eigenvalue weighted by atomic mass is 16.5. The van der Waals surface area contributed by atoms with Crippen LogP contribution >= 0.6 is 0 Å². The van der Waals surface area contributed by atoms with Crippen molar-refractivity contribution in [3.8, 4) is 5.75 Å². The van der Waals surface area contributed by atoms with Crippen molar-refractivity contribution in [2.75, 3.05) is 14.2 Å². The van der Waals surface area contributed by atoms with Gasteiger partial charge < -0.3 is 10.1 Å². The normalized spacial score (nSPS) is 17.1. The van der Waals surface area contributed by atoms with Crippen LogP contribution in [0.2, 0.25) is 0 Å². The molecule has 1 saturated carbocycles. The van der Waals surface area contributed by atoms with Gasteiger partial charge in [-0.1, -0.05) is 0 Å². The molecule has 0 spiro atoms. The fourth-order valence-corrected chi connectivity index (χ4v) is 2.15. The molecule has 1 aromatic heterocycles. The second-order valence-corrected chi connectivity index (χ2v) is 4.50. The van der Waals surface area contributed by atoms with E-state index in [1.807, 2.05) is 6.20 Å². The minimum atomic E-state index is 0.672. The third-order valence-corrected chi connectivity index (χ3v) is 3.31. The number of pyridine rings is 1. The highest BCUT2D eigenvalue weighted by Gasteiger charge is 2.29. The van der Waals surface area contributed by atoms with Gasteiger partial charge >= 0.3 is 0 Å². The molecule has 1 aliphatic carbocycles. The molecule has 0 aromatic carbocycles. The van der Waals surface area contributed by atoms with Gasteiger partial charge in [-0.05, 0) is 50.3 Å². The Balaban J connectivity index is 1.87. The summed E-state index contributed by atoms with van der Waals surface area (Å²) in [4.78, 5) is 4.17. The van der Waals surface area contributed by atoms with Crippen molar-refractivity contribution in [3.05, 3.63) is 24.0 Å². The van der Waals surface area contributed by atoms with E-state index >= 15 is 0 Å². The lowest BCUT2D eigenvalue weighted by atomic mass is 10.0. The van der Waals surface area contributed by atoms with E-state index in [-0.39, 0.29) is 0 Å². The maximum atomic E-state index is 5.17. The summed E-state index contributed by atoms with van der Waals surface area (Å²) in [6.45, 7) is 0. The fourth-order valence-electron chi connectivity index (χ4n) is 2.15. The van der Waals surface area contributed by atoms with E-state index in [0.717, 1.165) is 18.1 Å². The summed E-state index contributed by atoms with van der Waals surface area (Å²) in [5.41, 5.74) is 1.26. The molecule has 0 aliphatic heterocycles. The average Bonchev–Trinajstić information content (AvgIpc) is 3.15. The first-order chi connectivity index (χ1) is 7.83. The van der Waals surface area contributed by atoms with Crippen LogP contribution in [0.25, 0.3) is 0 Å². The lowest BCUT2D eigenvalue weighted by molar-refractivity contribution is 0.411. The van der Waals surface area contributed by atoms with Gasteiger partial charge in [-0.3, -0.25) is 4.98 Å². The highest BCUT2D eigenvalue weighted by Crippen LogP contribution is 2.34. The molecule has 1 unspecified atom stereocenters. The van der Waals surface area contributed by atoms with Crippen LogP contribution in [0.5, 0.6) is 5.75 Å². The Morgan fingerprint density at radius 3 is 2.94 bits per heavy atom. The van der Waals surface area contributed by atoms with Crippen molar-refractivity contribution in [2.45, 2.75) is 31.7 Å². The predicted octanol–water partition coefficient (Wildman–Crippen LogP) is 2.02. The Morgan fingerprint density at radius 2 is 2.31 bits per heavy atom. The molecule has 3 nitrogen and oxygen atoms in total. The summed E-state index contributed by atoms with van der Waals surface area (Å²) in [7, 11) is 3.74. The topological polar surface area (TPSA) is 34.2 Å². The van der Waals surface area contributed by atoms with Crippen LogP contribution in [0.1, 0.15) is 24.8 Å². The molecule has 0 amide bonds. The lowest BCUT2D eigenvalue weighted by Gasteiger charge is -2.14. The van der Waals surface area contributed by atoms with Crippen LogP contribution in [0.4, 0.5) is 0 Å². The van der Waals surface area contributed by atoms with E-state index in [4.69, 9.17) is 4.74 Å². The van der Waals surface area contributed by atoms with Gasteiger partial charge in [0, 0.05) is 12.2 Å². The molecule has 0 bridgehead atoms. The van der Waals surface area contributed by atoms with E-state index in [1.165, 1.54) is 24.8 Å². The van der Waals surface area contributed by atoms with Crippen molar-refractivity contribution in [2.24, 2.45) is 5.92 Å². The van der Waals surface area contributed by atoms with Gasteiger partial charge in [0.05, 0.1) is 13.3 Å². The Hall–Kier alpha value is -1.09. The van der Waals surface area contributed by atoms with E-state index < -0.39 is 0 Å².